The first kappa shape index (κ1) is 11.8. The predicted molar refractivity (Wildman–Crippen MR) is 63.2 cm³/mol. The van der Waals surface area contributed by atoms with E-state index in [1.807, 2.05) is 18.3 Å². The molecule has 90 valence electrons. The van der Waals surface area contributed by atoms with Gasteiger partial charge in [-0.2, -0.15) is 0 Å². The molecule has 2 heterocycles. The zero-order valence-electron chi connectivity index (χ0n) is 9.90. The Morgan fingerprint density at radius 2 is 2.24 bits per heavy atom. The van der Waals surface area contributed by atoms with Crippen LogP contribution in [0, 0.1) is 5.92 Å². The average molecular weight is 232 g/mol. The molecule has 1 atom stereocenters. The van der Waals surface area contributed by atoms with Crippen molar-refractivity contribution in [1.29, 1.82) is 0 Å². The second-order valence-electron chi connectivity index (χ2n) is 4.36. The Hall–Kier alpha value is -1.71. The van der Waals surface area contributed by atoms with Gasteiger partial charge in [0.1, 0.15) is 0 Å². The molecular formula is C13H16N2O2. The van der Waals surface area contributed by atoms with Gasteiger partial charge >= 0.3 is 0 Å². The summed E-state index contributed by atoms with van der Waals surface area (Å²) in [7, 11) is 0. The minimum atomic E-state index is -0.161. The van der Waals surface area contributed by atoms with Crippen molar-refractivity contribution in [2.75, 3.05) is 0 Å². The van der Waals surface area contributed by atoms with E-state index in [9.17, 15) is 9.59 Å². The van der Waals surface area contributed by atoms with Crippen LogP contribution in [0.15, 0.2) is 18.3 Å². The van der Waals surface area contributed by atoms with Crippen molar-refractivity contribution in [3.63, 3.8) is 0 Å². The molecule has 1 saturated heterocycles. The van der Waals surface area contributed by atoms with Gasteiger partial charge in [-0.15, -0.1) is 0 Å². The van der Waals surface area contributed by atoms with Gasteiger partial charge in [-0.1, -0.05) is 13.0 Å². The van der Waals surface area contributed by atoms with E-state index in [0.29, 0.717) is 19.3 Å². The van der Waals surface area contributed by atoms with Gasteiger partial charge in [0.2, 0.25) is 11.8 Å². The Morgan fingerprint density at radius 1 is 1.41 bits per heavy atom. The maximum Gasteiger partial charge on any atom is 0.230 e. The van der Waals surface area contributed by atoms with Crippen LogP contribution in [0.4, 0.5) is 0 Å². The molecule has 4 heteroatoms. The first-order chi connectivity index (χ1) is 8.19. The van der Waals surface area contributed by atoms with Crippen molar-refractivity contribution >= 4 is 11.8 Å². The minimum absolute atomic E-state index is 0.0954. The summed E-state index contributed by atoms with van der Waals surface area (Å²) in [5, 5.41) is 2.37. The Kier molecular flexibility index (Phi) is 3.52. The molecule has 0 spiro atoms. The number of hydrogen-bond donors (Lipinski definition) is 1. The zero-order chi connectivity index (χ0) is 12.3. The number of aromatic nitrogens is 1. The monoisotopic (exact) mass is 232 g/mol. The van der Waals surface area contributed by atoms with E-state index < -0.39 is 0 Å². The molecule has 1 aliphatic heterocycles. The molecule has 1 N–H and O–H groups in total. The maximum absolute atomic E-state index is 11.6. The number of rotatable bonds is 3. The smallest absolute Gasteiger partial charge is 0.230 e. The molecule has 0 aliphatic carbocycles. The molecule has 1 fully saturated rings. The lowest BCUT2D eigenvalue weighted by molar-refractivity contribution is -0.136. The third-order valence-corrected chi connectivity index (χ3v) is 3.08. The highest BCUT2D eigenvalue weighted by Gasteiger charge is 2.26. The van der Waals surface area contributed by atoms with Crippen LogP contribution in [0.3, 0.4) is 0 Å². The number of nitrogens with zero attached hydrogens (tertiary/aromatic N) is 1. The highest BCUT2D eigenvalue weighted by atomic mass is 16.2. The average Bonchev–Trinajstić information content (AvgIpc) is 2.34. The third kappa shape index (κ3) is 2.90. The van der Waals surface area contributed by atoms with Crippen molar-refractivity contribution in [3.8, 4) is 0 Å². The predicted octanol–water partition coefficient (Wildman–Crippen LogP) is 1.24. The van der Waals surface area contributed by atoms with Crippen molar-refractivity contribution in [2.45, 2.75) is 32.6 Å². The molecule has 0 bridgehead atoms. The number of piperidine rings is 1. The van der Waals surface area contributed by atoms with Gasteiger partial charge in [-0.05, 0) is 30.9 Å². The molecule has 2 amide bonds. The number of aryl methyl sites for hydroxylation is 1. The van der Waals surface area contributed by atoms with Crippen LogP contribution in [-0.2, 0) is 22.4 Å². The molecular weight excluding hydrogens is 216 g/mol. The summed E-state index contributed by atoms with van der Waals surface area (Å²) in [5.74, 6) is -0.409. The minimum Gasteiger partial charge on any atom is -0.296 e. The molecule has 4 nitrogen and oxygen atoms in total. The number of amides is 2. The molecule has 2 rings (SSSR count). The van der Waals surface area contributed by atoms with E-state index in [-0.39, 0.29) is 17.7 Å². The highest BCUT2D eigenvalue weighted by Crippen LogP contribution is 2.17. The summed E-state index contributed by atoms with van der Waals surface area (Å²) in [6.45, 7) is 2.06. The normalized spacial score (nSPS) is 20.2. The van der Waals surface area contributed by atoms with Crippen molar-refractivity contribution in [3.05, 3.63) is 29.6 Å². The van der Waals surface area contributed by atoms with Crippen LogP contribution < -0.4 is 5.32 Å². The lowest BCUT2D eigenvalue weighted by Crippen LogP contribution is -2.41. The first-order valence-electron chi connectivity index (χ1n) is 5.96. The van der Waals surface area contributed by atoms with E-state index >= 15 is 0 Å². The summed E-state index contributed by atoms with van der Waals surface area (Å²) in [4.78, 5) is 26.9. The third-order valence-electron chi connectivity index (χ3n) is 3.08. The number of hydrogen-bond acceptors (Lipinski definition) is 3. The topological polar surface area (TPSA) is 59.1 Å². The molecule has 1 unspecified atom stereocenters. The van der Waals surface area contributed by atoms with E-state index in [2.05, 4.69) is 17.2 Å². The summed E-state index contributed by atoms with van der Waals surface area (Å²) >= 11 is 0. The number of imide groups is 1. The Bertz CT molecular complexity index is 426. The van der Waals surface area contributed by atoms with E-state index in [1.165, 1.54) is 0 Å². The Morgan fingerprint density at radius 3 is 2.82 bits per heavy atom. The van der Waals surface area contributed by atoms with Crippen LogP contribution in [0.2, 0.25) is 0 Å². The fourth-order valence-electron chi connectivity index (χ4n) is 2.00. The van der Waals surface area contributed by atoms with Crippen LogP contribution >= 0.6 is 0 Å². The van der Waals surface area contributed by atoms with Crippen molar-refractivity contribution in [2.24, 2.45) is 5.92 Å². The van der Waals surface area contributed by atoms with Crippen LogP contribution in [0.5, 0.6) is 0 Å². The van der Waals surface area contributed by atoms with Gasteiger partial charge < -0.3 is 0 Å². The second-order valence-corrected chi connectivity index (χ2v) is 4.36. The standard InChI is InChI=1S/C13H16N2O2/c1-2-11-5-3-9(8-14-11)7-10-4-6-12(16)15-13(10)17/h3,5,8,10H,2,4,6-7H2,1H3,(H,15,16,17). The van der Waals surface area contributed by atoms with Gasteiger partial charge in [0.15, 0.2) is 0 Å². The number of carbonyl (C=O) groups excluding carboxylic acids is 2. The number of nitrogens with one attached hydrogen (secondary N) is 1. The number of carbonyl (C=O) groups is 2. The van der Waals surface area contributed by atoms with Crippen LogP contribution in [0.1, 0.15) is 31.0 Å². The maximum atomic E-state index is 11.6. The first-order valence-corrected chi connectivity index (χ1v) is 5.96. The fraction of sp³-hybridized carbons (Fsp3) is 0.462. The van der Waals surface area contributed by atoms with Gasteiger partial charge in [0.05, 0.1) is 0 Å². The van der Waals surface area contributed by atoms with E-state index in [0.717, 1.165) is 17.7 Å². The summed E-state index contributed by atoms with van der Waals surface area (Å²) in [6.07, 6.45) is 4.48. The molecule has 0 saturated carbocycles. The highest BCUT2D eigenvalue weighted by molar-refractivity contribution is 5.98. The number of pyridine rings is 1. The van der Waals surface area contributed by atoms with Crippen LogP contribution in [0.25, 0.3) is 0 Å². The van der Waals surface area contributed by atoms with Gasteiger partial charge in [-0.3, -0.25) is 19.9 Å². The van der Waals surface area contributed by atoms with E-state index in [4.69, 9.17) is 0 Å². The van der Waals surface area contributed by atoms with Gasteiger partial charge in [0, 0.05) is 24.2 Å². The lowest BCUT2D eigenvalue weighted by atomic mass is 9.92. The Labute approximate surface area is 100 Å². The zero-order valence-corrected chi connectivity index (χ0v) is 9.90. The Balaban J connectivity index is 2.00. The van der Waals surface area contributed by atoms with Gasteiger partial charge in [0.25, 0.3) is 0 Å². The molecule has 17 heavy (non-hydrogen) atoms. The van der Waals surface area contributed by atoms with E-state index in [1.54, 1.807) is 0 Å². The fourth-order valence-corrected chi connectivity index (χ4v) is 2.00. The molecule has 0 aromatic carbocycles. The SMILES string of the molecule is CCc1ccc(CC2CCC(=O)NC2=O)cn1. The molecule has 1 aromatic heterocycles. The second kappa shape index (κ2) is 5.08. The lowest BCUT2D eigenvalue weighted by Gasteiger charge is -2.20. The molecule has 1 aromatic rings. The molecule has 1 aliphatic rings. The summed E-state index contributed by atoms with van der Waals surface area (Å²) < 4.78 is 0. The largest absolute Gasteiger partial charge is 0.296 e. The van der Waals surface area contributed by atoms with Crippen molar-refractivity contribution in [1.82, 2.24) is 10.3 Å². The quantitative estimate of drug-likeness (QED) is 0.798. The van der Waals surface area contributed by atoms with Crippen LogP contribution in [-0.4, -0.2) is 16.8 Å². The summed E-state index contributed by atoms with van der Waals surface area (Å²) in [6, 6.07) is 4.00. The van der Waals surface area contributed by atoms with Crippen molar-refractivity contribution < 1.29 is 9.59 Å². The molecule has 0 radical (unpaired) electrons. The summed E-state index contributed by atoms with van der Waals surface area (Å²) in [5.41, 5.74) is 2.11. The van der Waals surface area contributed by atoms with Gasteiger partial charge in [-0.25, -0.2) is 0 Å².